The Kier molecular flexibility index (Phi) is 5.67. The molecule has 1 aromatic carbocycles. The van der Waals surface area contributed by atoms with Gasteiger partial charge < -0.3 is 14.8 Å². The molecule has 2 N–H and O–H groups in total. The number of carbonyl (C=O) groups is 1. The Bertz CT molecular complexity index is 627. The quantitative estimate of drug-likeness (QED) is 0.819. The molecule has 128 valence electrons. The minimum absolute atomic E-state index is 0.00694. The van der Waals surface area contributed by atoms with Gasteiger partial charge in [0.2, 0.25) is 5.91 Å². The lowest BCUT2D eigenvalue weighted by molar-refractivity contribution is -0.122. The molecule has 1 amide bonds. The first kappa shape index (κ1) is 16.7. The maximum atomic E-state index is 12.1. The van der Waals surface area contributed by atoms with Crippen LogP contribution in [0, 0.1) is 0 Å². The summed E-state index contributed by atoms with van der Waals surface area (Å²) in [6, 6.07) is 13.6. The number of hydrogen-bond acceptors (Lipinski definition) is 4. The summed E-state index contributed by atoms with van der Waals surface area (Å²) in [7, 11) is 0. The number of furan rings is 1. The molecule has 0 saturated carbocycles. The van der Waals surface area contributed by atoms with Crippen molar-refractivity contribution in [3.05, 3.63) is 60.1 Å². The molecule has 1 fully saturated rings. The van der Waals surface area contributed by atoms with Crippen LogP contribution in [0.25, 0.3) is 0 Å². The number of rotatable bonds is 7. The Balaban J connectivity index is 1.48. The van der Waals surface area contributed by atoms with Crippen molar-refractivity contribution >= 4 is 5.91 Å². The second kappa shape index (κ2) is 8.13. The molecular weight excluding hydrogens is 304 g/mol. The Morgan fingerprint density at radius 2 is 2.12 bits per heavy atom. The summed E-state index contributed by atoms with van der Waals surface area (Å²) >= 11 is 0. The van der Waals surface area contributed by atoms with E-state index in [1.807, 2.05) is 42.5 Å². The third kappa shape index (κ3) is 4.46. The third-order valence-corrected chi connectivity index (χ3v) is 4.57. The second-order valence-electron chi connectivity index (χ2n) is 6.28. The molecule has 5 nitrogen and oxygen atoms in total. The van der Waals surface area contributed by atoms with Crippen molar-refractivity contribution in [2.75, 3.05) is 13.1 Å². The zero-order valence-electron chi connectivity index (χ0n) is 13.7. The third-order valence-electron chi connectivity index (χ3n) is 4.57. The fraction of sp³-hybridized carbons (Fsp3) is 0.421. The van der Waals surface area contributed by atoms with Gasteiger partial charge in [-0.25, -0.2) is 0 Å². The predicted molar refractivity (Wildman–Crippen MR) is 91.2 cm³/mol. The van der Waals surface area contributed by atoms with Gasteiger partial charge in [0.15, 0.2) is 0 Å². The Labute approximate surface area is 142 Å². The van der Waals surface area contributed by atoms with Crippen LogP contribution in [0.4, 0.5) is 0 Å². The minimum Gasteiger partial charge on any atom is -0.467 e. The molecule has 2 aromatic rings. The lowest BCUT2D eigenvalue weighted by atomic mass is 10.0. The van der Waals surface area contributed by atoms with E-state index in [4.69, 9.17) is 4.42 Å². The Morgan fingerprint density at radius 1 is 1.29 bits per heavy atom. The molecule has 3 rings (SSSR count). The smallest absolute Gasteiger partial charge is 0.234 e. The monoisotopic (exact) mass is 328 g/mol. The van der Waals surface area contributed by atoms with Crippen LogP contribution in [-0.2, 0) is 11.3 Å². The SMILES string of the molecule is O=C(CN1CCC[C@H]1C[C@@H](O)c1ccccc1)NCc1ccco1. The van der Waals surface area contributed by atoms with E-state index in [0.717, 1.165) is 30.7 Å². The maximum Gasteiger partial charge on any atom is 0.234 e. The van der Waals surface area contributed by atoms with Gasteiger partial charge in [-0.05, 0) is 43.5 Å². The number of nitrogens with one attached hydrogen (secondary N) is 1. The van der Waals surface area contributed by atoms with Crippen LogP contribution < -0.4 is 5.32 Å². The van der Waals surface area contributed by atoms with E-state index in [0.29, 0.717) is 19.5 Å². The molecule has 0 spiro atoms. The maximum absolute atomic E-state index is 12.1. The van der Waals surface area contributed by atoms with Crippen LogP contribution in [0.3, 0.4) is 0 Å². The normalized spacial score (nSPS) is 19.3. The van der Waals surface area contributed by atoms with Gasteiger partial charge in [0.05, 0.1) is 25.5 Å². The summed E-state index contributed by atoms with van der Waals surface area (Å²) in [6.07, 6.45) is 3.87. The number of likely N-dealkylation sites (tertiary alicyclic amines) is 1. The lowest BCUT2D eigenvalue weighted by Gasteiger charge is -2.26. The zero-order valence-corrected chi connectivity index (χ0v) is 13.7. The highest BCUT2D eigenvalue weighted by atomic mass is 16.3. The summed E-state index contributed by atoms with van der Waals surface area (Å²) in [5.41, 5.74) is 0.937. The molecule has 1 aromatic heterocycles. The van der Waals surface area contributed by atoms with Crippen LogP contribution in [-0.4, -0.2) is 35.0 Å². The lowest BCUT2D eigenvalue weighted by Crippen LogP contribution is -2.40. The van der Waals surface area contributed by atoms with Crippen molar-refractivity contribution in [1.82, 2.24) is 10.2 Å². The highest BCUT2D eigenvalue weighted by Crippen LogP contribution is 2.27. The number of aliphatic hydroxyl groups excluding tert-OH is 1. The van der Waals surface area contributed by atoms with E-state index in [1.165, 1.54) is 0 Å². The first-order valence-electron chi connectivity index (χ1n) is 8.48. The van der Waals surface area contributed by atoms with Gasteiger partial charge in [-0.1, -0.05) is 30.3 Å². The first-order valence-corrected chi connectivity index (χ1v) is 8.48. The van der Waals surface area contributed by atoms with Crippen molar-refractivity contribution in [1.29, 1.82) is 0 Å². The average Bonchev–Trinajstić information content (AvgIpc) is 3.26. The van der Waals surface area contributed by atoms with E-state index >= 15 is 0 Å². The molecule has 5 heteroatoms. The number of aliphatic hydroxyl groups is 1. The van der Waals surface area contributed by atoms with Gasteiger partial charge in [-0.2, -0.15) is 0 Å². The van der Waals surface area contributed by atoms with E-state index in [-0.39, 0.29) is 11.9 Å². The molecular formula is C19H24N2O3. The minimum atomic E-state index is -0.483. The van der Waals surface area contributed by atoms with Crippen LogP contribution in [0.15, 0.2) is 53.1 Å². The Morgan fingerprint density at radius 3 is 2.88 bits per heavy atom. The molecule has 0 aliphatic carbocycles. The summed E-state index contributed by atoms with van der Waals surface area (Å²) in [5.74, 6) is 0.744. The van der Waals surface area contributed by atoms with Crippen molar-refractivity contribution in [3.8, 4) is 0 Å². The van der Waals surface area contributed by atoms with Gasteiger partial charge in [0.1, 0.15) is 5.76 Å². The van der Waals surface area contributed by atoms with Crippen molar-refractivity contribution in [2.45, 2.75) is 38.0 Å². The summed E-state index contributed by atoms with van der Waals surface area (Å²) in [4.78, 5) is 14.3. The number of nitrogens with zero attached hydrogens (tertiary/aromatic N) is 1. The molecule has 1 aliphatic rings. The molecule has 24 heavy (non-hydrogen) atoms. The predicted octanol–water partition coefficient (Wildman–Crippen LogP) is 2.48. The van der Waals surface area contributed by atoms with Crippen LogP contribution >= 0.6 is 0 Å². The number of hydrogen-bond donors (Lipinski definition) is 2. The fourth-order valence-corrected chi connectivity index (χ4v) is 3.28. The molecule has 0 radical (unpaired) electrons. The molecule has 1 aliphatic heterocycles. The molecule has 1 saturated heterocycles. The van der Waals surface area contributed by atoms with Crippen LogP contribution in [0.5, 0.6) is 0 Å². The largest absolute Gasteiger partial charge is 0.467 e. The first-order chi connectivity index (χ1) is 11.7. The van der Waals surface area contributed by atoms with Crippen LogP contribution in [0.2, 0.25) is 0 Å². The van der Waals surface area contributed by atoms with Gasteiger partial charge in [-0.3, -0.25) is 9.69 Å². The van der Waals surface area contributed by atoms with Gasteiger partial charge in [-0.15, -0.1) is 0 Å². The van der Waals surface area contributed by atoms with E-state index < -0.39 is 6.10 Å². The molecule has 0 bridgehead atoms. The van der Waals surface area contributed by atoms with Crippen molar-refractivity contribution < 1.29 is 14.3 Å². The zero-order chi connectivity index (χ0) is 16.8. The standard InChI is InChI=1S/C19H24N2O3/c22-18(15-6-2-1-3-7-15)12-16-8-4-10-21(16)14-19(23)20-13-17-9-5-11-24-17/h1-3,5-7,9,11,16,18,22H,4,8,10,12-14H2,(H,20,23)/t16-,18+/m0/s1. The van der Waals surface area contributed by atoms with E-state index in [1.54, 1.807) is 6.26 Å². The highest BCUT2D eigenvalue weighted by molar-refractivity contribution is 5.78. The fourth-order valence-electron chi connectivity index (χ4n) is 3.28. The number of amides is 1. The molecule has 0 unspecified atom stereocenters. The van der Waals surface area contributed by atoms with E-state index in [9.17, 15) is 9.90 Å². The topological polar surface area (TPSA) is 65.7 Å². The number of benzene rings is 1. The second-order valence-corrected chi connectivity index (χ2v) is 6.28. The summed E-state index contributed by atoms with van der Waals surface area (Å²) in [5, 5.41) is 13.3. The van der Waals surface area contributed by atoms with Gasteiger partial charge >= 0.3 is 0 Å². The van der Waals surface area contributed by atoms with E-state index in [2.05, 4.69) is 10.2 Å². The van der Waals surface area contributed by atoms with Crippen molar-refractivity contribution in [3.63, 3.8) is 0 Å². The molecule has 2 atom stereocenters. The summed E-state index contributed by atoms with van der Waals surface area (Å²) in [6.45, 7) is 1.68. The molecule has 2 heterocycles. The van der Waals surface area contributed by atoms with Gasteiger partial charge in [0, 0.05) is 6.04 Å². The highest BCUT2D eigenvalue weighted by Gasteiger charge is 2.28. The van der Waals surface area contributed by atoms with Gasteiger partial charge in [0.25, 0.3) is 0 Å². The number of carbonyl (C=O) groups excluding carboxylic acids is 1. The average molecular weight is 328 g/mol. The summed E-state index contributed by atoms with van der Waals surface area (Å²) < 4.78 is 5.22. The van der Waals surface area contributed by atoms with Crippen molar-refractivity contribution in [2.24, 2.45) is 0 Å². The van der Waals surface area contributed by atoms with Crippen LogP contribution in [0.1, 0.15) is 36.7 Å². The Hall–Kier alpha value is -2.11.